The molecule has 1 aliphatic heterocycles. The minimum absolute atomic E-state index is 0.213. The fraction of sp³-hybridized carbons (Fsp3) is 0.907. The number of aliphatic hydroxyl groups excluding tert-OH is 4. The van der Waals surface area contributed by atoms with Gasteiger partial charge in [-0.15, -0.1) is 0 Å². The van der Waals surface area contributed by atoms with Crippen molar-refractivity contribution in [3.63, 3.8) is 0 Å². The summed E-state index contributed by atoms with van der Waals surface area (Å²) in [6.45, 7) is 3.41. The Morgan fingerprint density at radius 1 is 0.566 bits per heavy atom. The molecule has 10 heteroatoms. The number of allylic oxidation sites excluding steroid dienone is 2. The van der Waals surface area contributed by atoms with E-state index in [9.17, 15) is 30.0 Å². The number of carbonyl (C=O) groups excluding carboxylic acids is 2. The zero-order chi connectivity index (χ0) is 38.8. The molecule has 1 saturated heterocycles. The quantitative estimate of drug-likeness (QED) is 0.0277. The molecule has 0 radical (unpaired) electrons. The summed E-state index contributed by atoms with van der Waals surface area (Å²) in [5.41, 5.74) is 0. The summed E-state index contributed by atoms with van der Waals surface area (Å²) in [5.74, 6) is -0.817. The van der Waals surface area contributed by atoms with Crippen LogP contribution in [0.4, 0.5) is 0 Å². The summed E-state index contributed by atoms with van der Waals surface area (Å²) in [6, 6.07) is 0. The van der Waals surface area contributed by atoms with Crippen LogP contribution in [-0.2, 0) is 28.5 Å². The van der Waals surface area contributed by atoms with E-state index in [1.165, 1.54) is 116 Å². The fourth-order valence-corrected chi connectivity index (χ4v) is 6.65. The number of unbranched alkanes of at least 4 members (excludes halogenated alkanes) is 23. The standard InChI is InChI=1S/C43H80O10/c1-3-5-7-9-11-13-15-17-18-20-21-23-25-27-29-31-38(45)50-34-36(35-51-43-42(49)41(48)40(47)37(33-44)53-43)52-39(46)32-30-28-26-24-22-19-16-14-12-10-8-6-4-2/h19,22,36-37,40-44,47-49H,3-18,20-21,23-35H2,1-2H3/b22-19+/t36-,37-,40+,41?,42?,43-/m0/s1. The molecule has 0 aromatic rings. The minimum atomic E-state index is -1.59. The van der Waals surface area contributed by atoms with Gasteiger partial charge in [-0.2, -0.15) is 0 Å². The number of esters is 2. The van der Waals surface area contributed by atoms with Gasteiger partial charge in [0.15, 0.2) is 12.4 Å². The Bertz CT molecular complexity index is 881. The van der Waals surface area contributed by atoms with Crippen LogP contribution in [0.3, 0.4) is 0 Å². The monoisotopic (exact) mass is 757 g/mol. The van der Waals surface area contributed by atoms with Crippen LogP contribution in [-0.4, -0.2) is 89.0 Å². The van der Waals surface area contributed by atoms with E-state index >= 15 is 0 Å². The fourth-order valence-electron chi connectivity index (χ4n) is 6.65. The molecular formula is C43H80O10. The minimum Gasteiger partial charge on any atom is -0.462 e. The van der Waals surface area contributed by atoms with Crippen LogP contribution in [0.15, 0.2) is 12.2 Å². The van der Waals surface area contributed by atoms with Crippen molar-refractivity contribution in [2.24, 2.45) is 0 Å². The van der Waals surface area contributed by atoms with Crippen molar-refractivity contribution in [1.29, 1.82) is 0 Å². The van der Waals surface area contributed by atoms with Crippen molar-refractivity contribution in [1.82, 2.24) is 0 Å². The highest BCUT2D eigenvalue weighted by Gasteiger charge is 2.44. The summed E-state index contributed by atoms with van der Waals surface area (Å²) >= 11 is 0. The van der Waals surface area contributed by atoms with E-state index < -0.39 is 49.4 Å². The highest BCUT2D eigenvalue weighted by atomic mass is 16.7. The summed E-state index contributed by atoms with van der Waals surface area (Å²) < 4.78 is 22.1. The number of rotatable bonds is 36. The zero-order valence-electron chi connectivity index (χ0n) is 33.8. The van der Waals surface area contributed by atoms with Crippen LogP contribution >= 0.6 is 0 Å². The van der Waals surface area contributed by atoms with E-state index in [-0.39, 0.29) is 32.0 Å². The molecule has 0 aromatic carbocycles. The zero-order valence-corrected chi connectivity index (χ0v) is 33.8. The van der Waals surface area contributed by atoms with Gasteiger partial charge in [-0.1, -0.05) is 154 Å². The second-order valence-corrected chi connectivity index (χ2v) is 15.2. The Hall–Kier alpha value is -1.56. The third-order valence-electron chi connectivity index (χ3n) is 10.2. The Kier molecular flexibility index (Phi) is 32.6. The first-order chi connectivity index (χ1) is 25.8. The second kappa shape index (κ2) is 34.9. The van der Waals surface area contributed by atoms with Crippen LogP contribution in [0.1, 0.15) is 194 Å². The van der Waals surface area contributed by atoms with Gasteiger partial charge in [0.25, 0.3) is 0 Å². The molecule has 0 aliphatic carbocycles. The van der Waals surface area contributed by atoms with E-state index in [4.69, 9.17) is 18.9 Å². The first-order valence-electron chi connectivity index (χ1n) is 21.8. The first-order valence-corrected chi connectivity index (χ1v) is 21.8. The number of hydrogen-bond acceptors (Lipinski definition) is 10. The molecule has 4 N–H and O–H groups in total. The van der Waals surface area contributed by atoms with Crippen LogP contribution in [0.5, 0.6) is 0 Å². The number of ether oxygens (including phenoxy) is 4. The van der Waals surface area contributed by atoms with Crippen molar-refractivity contribution in [2.75, 3.05) is 19.8 Å². The maximum Gasteiger partial charge on any atom is 0.306 e. The molecule has 1 aliphatic rings. The molecule has 0 bridgehead atoms. The molecule has 2 unspecified atom stereocenters. The second-order valence-electron chi connectivity index (χ2n) is 15.2. The van der Waals surface area contributed by atoms with E-state index in [2.05, 4.69) is 26.0 Å². The lowest BCUT2D eigenvalue weighted by Gasteiger charge is -2.39. The van der Waals surface area contributed by atoms with Crippen LogP contribution < -0.4 is 0 Å². The van der Waals surface area contributed by atoms with Gasteiger partial charge in [-0.05, 0) is 38.5 Å². The summed E-state index contributed by atoms with van der Waals surface area (Å²) in [5, 5.41) is 40.0. The topological polar surface area (TPSA) is 152 Å². The van der Waals surface area contributed by atoms with Gasteiger partial charge >= 0.3 is 11.9 Å². The molecule has 0 spiro atoms. The van der Waals surface area contributed by atoms with Gasteiger partial charge in [0, 0.05) is 12.8 Å². The first kappa shape index (κ1) is 49.5. The summed E-state index contributed by atoms with van der Waals surface area (Å²) in [6.07, 6.45) is 27.9. The van der Waals surface area contributed by atoms with Crippen molar-refractivity contribution < 1.29 is 49.0 Å². The van der Waals surface area contributed by atoms with E-state index in [1.807, 2.05) is 0 Å². The molecule has 1 heterocycles. The average molecular weight is 757 g/mol. The molecule has 53 heavy (non-hydrogen) atoms. The van der Waals surface area contributed by atoms with Crippen molar-refractivity contribution in [3.05, 3.63) is 12.2 Å². The normalized spacial score (nSPS) is 20.9. The maximum absolute atomic E-state index is 12.7. The predicted octanol–water partition coefficient (Wildman–Crippen LogP) is 8.78. The van der Waals surface area contributed by atoms with Crippen molar-refractivity contribution in [2.45, 2.75) is 230 Å². The number of carbonyl (C=O) groups is 2. The van der Waals surface area contributed by atoms with Gasteiger partial charge < -0.3 is 39.4 Å². The molecule has 0 aromatic heterocycles. The van der Waals surface area contributed by atoms with Crippen LogP contribution in [0.2, 0.25) is 0 Å². The molecule has 1 fully saturated rings. The molecule has 0 amide bonds. The lowest BCUT2D eigenvalue weighted by molar-refractivity contribution is -0.305. The number of aliphatic hydroxyl groups is 4. The highest BCUT2D eigenvalue weighted by Crippen LogP contribution is 2.22. The average Bonchev–Trinajstić information content (AvgIpc) is 3.15. The Morgan fingerprint density at radius 3 is 1.49 bits per heavy atom. The van der Waals surface area contributed by atoms with Gasteiger partial charge in [0.05, 0.1) is 13.2 Å². The summed E-state index contributed by atoms with van der Waals surface area (Å²) in [4.78, 5) is 25.3. The molecule has 6 atom stereocenters. The third kappa shape index (κ3) is 26.8. The molecule has 1 rings (SSSR count). The third-order valence-corrected chi connectivity index (χ3v) is 10.2. The van der Waals surface area contributed by atoms with Gasteiger partial charge in [-0.3, -0.25) is 9.59 Å². The highest BCUT2D eigenvalue weighted by molar-refractivity contribution is 5.70. The van der Waals surface area contributed by atoms with E-state index in [0.29, 0.717) is 6.42 Å². The lowest BCUT2D eigenvalue weighted by Crippen LogP contribution is -2.59. The molecular weight excluding hydrogens is 676 g/mol. The smallest absolute Gasteiger partial charge is 0.306 e. The van der Waals surface area contributed by atoms with E-state index in [1.54, 1.807) is 0 Å². The molecule has 0 saturated carbocycles. The van der Waals surface area contributed by atoms with Gasteiger partial charge in [0.1, 0.15) is 31.0 Å². The molecule has 312 valence electrons. The summed E-state index contributed by atoms with van der Waals surface area (Å²) in [7, 11) is 0. The Labute approximate surface area is 322 Å². The van der Waals surface area contributed by atoms with Crippen molar-refractivity contribution in [3.8, 4) is 0 Å². The largest absolute Gasteiger partial charge is 0.462 e. The Balaban J connectivity index is 2.34. The van der Waals surface area contributed by atoms with E-state index in [0.717, 1.165) is 44.9 Å². The van der Waals surface area contributed by atoms with Crippen LogP contribution in [0.25, 0.3) is 0 Å². The van der Waals surface area contributed by atoms with Gasteiger partial charge in [0.2, 0.25) is 0 Å². The molecule has 10 nitrogen and oxygen atoms in total. The van der Waals surface area contributed by atoms with Crippen LogP contribution in [0, 0.1) is 0 Å². The maximum atomic E-state index is 12.7. The Morgan fingerprint density at radius 2 is 1.00 bits per heavy atom. The van der Waals surface area contributed by atoms with Gasteiger partial charge in [-0.25, -0.2) is 0 Å². The van der Waals surface area contributed by atoms with Crippen molar-refractivity contribution >= 4 is 11.9 Å². The lowest BCUT2D eigenvalue weighted by atomic mass is 9.99. The predicted molar refractivity (Wildman–Crippen MR) is 210 cm³/mol. The SMILES string of the molecule is CCCCCCCC/C=C/CCCCCC(=O)O[C@@H](COC(=O)CCCCCCCCCCCCCCCCC)CO[C@H]1O[C@@H](CO)[C@@H](O)C(O)C1O. The number of hydrogen-bond donors (Lipinski definition) is 4.